The zero-order chi connectivity index (χ0) is 28.7. The van der Waals surface area contributed by atoms with Gasteiger partial charge in [-0.15, -0.1) is 0 Å². The number of carbonyl (C=O) groups is 2. The van der Waals surface area contributed by atoms with Gasteiger partial charge in [0.1, 0.15) is 0 Å². The van der Waals surface area contributed by atoms with Crippen LogP contribution in [-0.4, -0.2) is 91.4 Å². The summed E-state index contributed by atoms with van der Waals surface area (Å²) < 4.78 is 51.3. The normalized spacial score (nSPS) is 30.4. The highest BCUT2D eigenvalue weighted by molar-refractivity contribution is 5.86. The molecule has 0 radical (unpaired) electrons. The maximum absolute atomic E-state index is 14.3. The average molecular weight is 568 g/mol. The Bertz CT molecular complexity index is 1100. The second-order valence-corrected chi connectivity index (χ2v) is 12.2. The molecule has 2 saturated heterocycles. The molecule has 0 spiro atoms. The number of ether oxygens (including phenoxy) is 2. The monoisotopic (exact) mass is 567 g/mol. The van der Waals surface area contributed by atoms with Gasteiger partial charge in [-0.3, -0.25) is 9.78 Å². The van der Waals surface area contributed by atoms with Gasteiger partial charge in [-0.2, -0.15) is 13.2 Å². The first-order chi connectivity index (χ1) is 19.0. The number of hydrogen-bond donors (Lipinski definition) is 2. The van der Waals surface area contributed by atoms with Crippen molar-refractivity contribution in [3.63, 3.8) is 0 Å². The van der Waals surface area contributed by atoms with E-state index in [4.69, 9.17) is 9.47 Å². The molecule has 40 heavy (non-hydrogen) atoms. The highest BCUT2D eigenvalue weighted by Gasteiger charge is 2.59. The second-order valence-electron chi connectivity index (χ2n) is 12.2. The molecule has 222 valence electrons. The number of nitrogens with zero attached hydrogens (tertiary/aromatic N) is 3. The van der Waals surface area contributed by atoms with E-state index in [2.05, 4.69) is 15.6 Å². The first-order valence-corrected chi connectivity index (χ1v) is 14.2. The summed E-state index contributed by atoms with van der Waals surface area (Å²) in [4.78, 5) is 34.8. The van der Waals surface area contributed by atoms with E-state index < -0.39 is 17.2 Å². The van der Waals surface area contributed by atoms with Crippen LogP contribution in [0.3, 0.4) is 0 Å². The second kappa shape index (κ2) is 11.4. The zero-order valence-corrected chi connectivity index (χ0v) is 23.4. The molecule has 1 aromatic heterocycles. The van der Waals surface area contributed by atoms with E-state index in [0.29, 0.717) is 69.4 Å². The summed E-state index contributed by atoms with van der Waals surface area (Å²) in [6, 6.07) is 1.11. The molecule has 0 aromatic carbocycles. The van der Waals surface area contributed by atoms with Crippen molar-refractivity contribution in [1.82, 2.24) is 25.4 Å². The predicted molar refractivity (Wildman–Crippen MR) is 140 cm³/mol. The molecule has 0 bridgehead atoms. The van der Waals surface area contributed by atoms with Crippen LogP contribution in [0.15, 0.2) is 12.3 Å². The van der Waals surface area contributed by atoms with Crippen LogP contribution in [0.4, 0.5) is 18.0 Å². The van der Waals surface area contributed by atoms with Crippen LogP contribution in [0.2, 0.25) is 0 Å². The molecular formula is C28H40F3N5O4. The molecule has 4 aliphatic rings. The molecule has 2 N–H and O–H groups in total. The Balaban J connectivity index is 1.36. The lowest BCUT2D eigenvalue weighted by molar-refractivity contribution is -0.143. The Hall–Kier alpha value is -2.44. The number of alkyl halides is 3. The quantitative estimate of drug-likeness (QED) is 0.549. The Labute approximate surface area is 233 Å². The number of nitrogens with one attached hydrogen (secondary N) is 2. The van der Waals surface area contributed by atoms with Crippen LogP contribution in [0.1, 0.15) is 49.9 Å². The average Bonchev–Trinajstić information content (AvgIpc) is 3.45. The van der Waals surface area contributed by atoms with Crippen LogP contribution in [0, 0.1) is 17.3 Å². The predicted octanol–water partition coefficient (Wildman–Crippen LogP) is 2.82. The number of aromatic nitrogens is 1. The van der Waals surface area contributed by atoms with Crippen molar-refractivity contribution in [1.29, 1.82) is 0 Å². The van der Waals surface area contributed by atoms with Crippen molar-refractivity contribution in [2.24, 2.45) is 17.3 Å². The van der Waals surface area contributed by atoms with Crippen molar-refractivity contribution in [2.75, 3.05) is 46.5 Å². The van der Waals surface area contributed by atoms with Crippen molar-refractivity contribution >= 4 is 11.9 Å². The standard InChI is InChI=1S/C28H40F3N5O4/c1-17(2)11-33-26(38)36-14-20-9-21(34-23-5-7-40-15-24(23)39-3)10-27(20,16-36)25(37)35-6-4-22-18(13-35)8-19(12-32-22)28(29,30)31/h8,12,17,20-21,23-24,34H,4-7,9-11,13-16H2,1-3H3,(H,33,38). The minimum atomic E-state index is -4.50. The number of methoxy groups -OCH3 is 1. The van der Waals surface area contributed by atoms with Crippen molar-refractivity contribution in [2.45, 2.75) is 70.4 Å². The fraction of sp³-hybridized carbons (Fsp3) is 0.750. The number of rotatable bonds is 6. The molecule has 1 aromatic rings. The number of hydrogen-bond acceptors (Lipinski definition) is 6. The molecule has 4 heterocycles. The summed E-state index contributed by atoms with van der Waals surface area (Å²) in [5, 5.41) is 6.70. The van der Waals surface area contributed by atoms with Gasteiger partial charge in [0.2, 0.25) is 5.91 Å². The largest absolute Gasteiger partial charge is 0.417 e. The molecule has 3 aliphatic heterocycles. The topological polar surface area (TPSA) is 96.0 Å². The third-order valence-corrected chi connectivity index (χ3v) is 8.96. The molecule has 5 unspecified atom stereocenters. The first kappa shape index (κ1) is 29.1. The van der Waals surface area contributed by atoms with E-state index in [9.17, 15) is 22.8 Å². The lowest BCUT2D eigenvalue weighted by Crippen LogP contribution is -2.52. The number of pyridine rings is 1. The van der Waals surface area contributed by atoms with Crippen molar-refractivity contribution in [3.8, 4) is 0 Å². The van der Waals surface area contributed by atoms with Gasteiger partial charge in [0.05, 0.1) is 23.7 Å². The third-order valence-electron chi connectivity index (χ3n) is 8.96. The first-order valence-electron chi connectivity index (χ1n) is 14.2. The molecule has 3 amide bonds. The smallest absolute Gasteiger partial charge is 0.379 e. The summed E-state index contributed by atoms with van der Waals surface area (Å²) in [5.41, 5.74) is -0.569. The van der Waals surface area contributed by atoms with E-state index in [1.54, 1.807) is 16.9 Å². The number of halogens is 3. The van der Waals surface area contributed by atoms with E-state index in [0.717, 1.165) is 25.1 Å². The fourth-order valence-corrected chi connectivity index (χ4v) is 6.89. The number of carbonyl (C=O) groups excluding carboxylic acids is 2. The van der Waals surface area contributed by atoms with Crippen LogP contribution in [0.25, 0.3) is 0 Å². The van der Waals surface area contributed by atoms with Gasteiger partial charge in [-0.05, 0) is 42.7 Å². The number of fused-ring (bicyclic) bond motifs is 2. The summed E-state index contributed by atoms with van der Waals surface area (Å²) in [5.74, 6) is 0.163. The lowest BCUT2D eigenvalue weighted by atomic mass is 9.78. The van der Waals surface area contributed by atoms with Gasteiger partial charge >= 0.3 is 12.2 Å². The van der Waals surface area contributed by atoms with Crippen LogP contribution in [-0.2, 0) is 33.4 Å². The number of likely N-dealkylation sites (tertiary alicyclic amines) is 1. The Morgan fingerprint density at radius 1 is 1.30 bits per heavy atom. The minimum Gasteiger partial charge on any atom is -0.379 e. The number of amides is 3. The SMILES string of the molecule is COC1COCCC1NC1CC2CN(C(=O)NCC(C)C)CC2(C(=O)N2CCc3ncc(C(F)(F)F)cc3C2)C1. The zero-order valence-electron chi connectivity index (χ0n) is 23.4. The maximum Gasteiger partial charge on any atom is 0.417 e. The molecule has 9 nitrogen and oxygen atoms in total. The molecular weight excluding hydrogens is 527 g/mol. The minimum absolute atomic E-state index is 0.0517. The van der Waals surface area contributed by atoms with Gasteiger partial charge in [-0.25, -0.2) is 4.79 Å². The van der Waals surface area contributed by atoms with E-state index >= 15 is 0 Å². The molecule has 1 aliphatic carbocycles. The Morgan fingerprint density at radius 3 is 2.83 bits per heavy atom. The van der Waals surface area contributed by atoms with E-state index in [1.807, 2.05) is 13.8 Å². The van der Waals surface area contributed by atoms with E-state index in [-0.39, 0.29) is 42.6 Å². The molecule has 12 heteroatoms. The van der Waals surface area contributed by atoms with Crippen molar-refractivity contribution in [3.05, 3.63) is 29.1 Å². The Kier molecular flexibility index (Phi) is 8.32. The molecule has 5 rings (SSSR count). The highest BCUT2D eigenvalue weighted by atomic mass is 19.4. The van der Waals surface area contributed by atoms with Gasteiger partial charge < -0.3 is 29.9 Å². The van der Waals surface area contributed by atoms with Gasteiger partial charge in [0, 0.05) is 76.8 Å². The number of urea groups is 1. The maximum atomic E-state index is 14.3. The van der Waals surface area contributed by atoms with Crippen molar-refractivity contribution < 1.29 is 32.2 Å². The van der Waals surface area contributed by atoms with Gasteiger partial charge in [0.15, 0.2) is 0 Å². The van der Waals surface area contributed by atoms with E-state index in [1.165, 1.54) is 0 Å². The fourth-order valence-electron chi connectivity index (χ4n) is 6.89. The molecule has 5 atom stereocenters. The lowest BCUT2D eigenvalue weighted by Gasteiger charge is -2.37. The van der Waals surface area contributed by atoms with Crippen LogP contribution >= 0.6 is 0 Å². The summed E-state index contributed by atoms with van der Waals surface area (Å²) in [6.45, 7) is 7.00. The highest BCUT2D eigenvalue weighted by Crippen LogP contribution is 2.50. The summed E-state index contributed by atoms with van der Waals surface area (Å²) >= 11 is 0. The molecule has 3 fully saturated rings. The van der Waals surface area contributed by atoms with Gasteiger partial charge in [0.25, 0.3) is 0 Å². The van der Waals surface area contributed by atoms with Crippen LogP contribution < -0.4 is 10.6 Å². The Morgan fingerprint density at radius 2 is 2.10 bits per heavy atom. The molecule has 1 saturated carbocycles. The van der Waals surface area contributed by atoms with Crippen LogP contribution in [0.5, 0.6) is 0 Å². The van der Waals surface area contributed by atoms with Gasteiger partial charge in [-0.1, -0.05) is 13.8 Å². The summed E-state index contributed by atoms with van der Waals surface area (Å²) in [6.07, 6.45) is -1.21. The third kappa shape index (κ3) is 5.80. The summed E-state index contributed by atoms with van der Waals surface area (Å²) in [7, 11) is 1.67.